The van der Waals surface area contributed by atoms with Gasteiger partial charge in [0.2, 0.25) is 0 Å². The van der Waals surface area contributed by atoms with E-state index in [1.54, 1.807) is 6.20 Å². The molecule has 0 bridgehead atoms. The second-order valence-corrected chi connectivity index (χ2v) is 5.49. The molecule has 106 valence electrons. The van der Waals surface area contributed by atoms with Crippen LogP contribution in [0.5, 0.6) is 0 Å². The van der Waals surface area contributed by atoms with Gasteiger partial charge in [0.05, 0.1) is 16.0 Å². The van der Waals surface area contributed by atoms with Gasteiger partial charge in [-0.15, -0.1) is 0 Å². The van der Waals surface area contributed by atoms with Crippen LogP contribution in [0.25, 0.3) is 10.9 Å². The lowest BCUT2D eigenvalue weighted by molar-refractivity contribution is 0.501. The van der Waals surface area contributed by atoms with Gasteiger partial charge in [-0.25, -0.2) is 8.78 Å². The molecular formula is C16H11BrF2N2. The third kappa shape index (κ3) is 2.54. The Hall–Kier alpha value is -1.85. The Balaban J connectivity index is 2.08. The lowest BCUT2D eigenvalue weighted by Gasteiger charge is -2.15. The molecule has 0 spiro atoms. The predicted molar refractivity (Wildman–Crippen MR) is 81.8 cm³/mol. The van der Waals surface area contributed by atoms with E-state index < -0.39 is 17.7 Å². The Morgan fingerprint density at radius 3 is 2.71 bits per heavy atom. The van der Waals surface area contributed by atoms with Gasteiger partial charge in [0, 0.05) is 11.6 Å². The molecule has 2 N–H and O–H groups in total. The molecule has 0 aliphatic rings. The standard InChI is InChI=1S/C16H11BrF2N2/c17-14-11(4-5-12(18)15(14)19)16(20)10-3-6-13-9(8-10)2-1-7-21-13/h1-8,16H,20H2. The van der Waals surface area contributed by atoms with Crippen LogP contribution >= 0.6 is 15.9 Å². The van der Waals surface area contributed by atoms with Crippen LogP contribution in [0.2, 0.25) is 0 Å². The first-order valence-corrected chi connectivity index (χ1v) is 7.11. The first-order chi connectivity index (χ1) is 10.1. The lowest BCUT2D eigenvalue weighted by atomic mass is 9.98. The number of rotatable bonds is 2. The van der Waals surface area contributed by atoms with E-state index in [0.29, 0.717) is 5.56 Å². The number of hydrogen-bond acceptors (Lipinski definition) is 2. The van der Waals surface area contributed by atoms with E-state index in [2.05, 4.69) is 20.9 Å². The maximum absolute atomic E-state index is 13.6. The topological polar surface area (TPSA) is 38.9 Å². The van der Waals surface area contributed by atoms with Crippen LogP contribution in [0.3, 0.4) is 0 Å². The van der Waals surface area contributed by atoms with Crippen molar-refractivity contribution >= 4 is 26.8 Å². The van der Waals surface area contributed by atoms with Crippen LogP contribution in [0.1, 0.15) is 17.2 Å². The van der Waals surface area contributed by atoms with E-state index in [1.807, 2.05) is 30.3 Å². The first-order valence-electron chi connectivity index (χ1n) is 6.31. The predicted octanol–water partition coefficient (Wildman–Crippen LogP) is 4.32. The van der Waals surface area contributed by atoms with Crippen LogP contribution in [0, 0.1) is 11.6 Å². The van der Waals surface area contributed by atoms with Crippen molar-refractivity contribution in [2.75, 3.05) is 0 Å². The van der Waals surface area contributed by atoms with Gasteiger partial charge in [0.1, 0.15) is 0 Å². The molecular weight excluding hydrogens is 338 g/mol. The van der Waals surface area contributed by atoms with Crippen LogP contribution in [-0.4, -0.2) is 4.98 Å². The van der Waals surface area contributed by atoms with E-state index in [-0.39, 0.29) is 4.47 Å². The van der Waals surface area contributed by atoms with Crippen molar-refractivity contribution in [3.63, 3.8) is 0 Å². The zero-order valence-corrected chi connectivity index (χ0v) is 12.4. The fourth-order valence-electron chi connectivity index (χ4n) is 2.25. The minimum atomic E-state index is -0.926. The molecule has 21 heavy (non-hydrogen) atoms. The minimum absolute atomic E-state index is 0.0567. The van der Waals surface area contributed by atoms with Gasteiger partial charge in [-0.05, 0) is 51.3 Å². The Bertz CT molecular complexity index is 820. The largest absolute Gasteiger partial charge is 0.320 e. The quantitative estimate of drug-likeness (QED) is 0.700. The average Bonchev–Trinajstić information content (AvgIpc) is 2.52. The van der Waals surface area contributed by atoms with Crippen molar-refractivity contribution in [1.82, 2.24) is 4.98 Å². The Labute approximate surface area is 128 Å². The number of benzene rings is 2. The number of halogens is 3. The molecule has 1 heterocycles. The SMILES string of the molecule is NC(c1ccc2ncccc2c1)c1ccc(F)c(F)c1Br. The highest BCUT2D eigenvalue weighted by atomic mass is 79.9. The third-order valence-corrected chi connectivity index (χ3v) is 4.19. The summed E-state index contributed by atoms with van der Waals surface area (Å²) in [4.78, 5) is 4.24. The molecule has 0 fully saturated rings. The van der Waals surface area contributed by atoms with Crippen molar-refractivity contribution in [2.45, 2.75) is 6.04 Å². The summed E-state index contributed by atoms with van der Waals surface area (Å²) in [5, 5.41) is 0.948. The van der Waals surface area contributed by atoms with Crippen LogP contribution in [0.4, 0.5) is 8.78 Å². The normalized spacial score (nSPS) is 12.6. The molecule has 0 aliphatic carbocycles. The molecule has 2 aromatic carbocycles. The molecule has 0 saturated carbocycles. The summed E-state index contributed by atoms with van der Waals surface area (Å²) in [6.45, 7) is 0. The summed E-state index contributed by atoms with van der Waals surface area (Å²) in [5.74, 6) is -1.83. The van der Waals surface area contributed by atoms with E-state index in [9.17, 15) is 8.78 Å². The molecule has 3 rings (SSSR count). The molecule has 3 aromatic rings. The highest BCUT2D eigenvalue weighted by Gasteiger charge is 2.17. The van der Waals surface area contributed by atoms with Crippen LogP contribution < -0.4 is 5.73 Å². The van der Waals surface area contributed by atoms with Gasteiger partial charge in [0.25, 0.3) is 0 Å². The van der Waals surface area contributed by atoms with Gasteiger partial charge in [-0.3, -0.25) is 4.98 Å². The smallest absolute Gasteiger partial charge is 0.173 e. The third-order valence-electron chi connectivity index (χ3n) is 3.39. The molecule has 0 aliphatic heterocycles. The van der Waals surface area contributed by atoms with E-state index in [0.717, 1.165) is 22.5 Å². The lowest BCUT2D eigenvalue weighted by Crippen LogP contribution is -2.13. The van der Waals surface area contributed by atoms with Crippen molar-refractivity contribution in [3.8, 4) is 0 Å². The average molecular weight is 349 g/mol. The van der Waals surface area contributed by atoms with Crippen molar-refractivity contribution in [2.24, 2.45) is 5.73 Å². The molecule has 5 heteroatoms. The van der Waals surface area contributed by atoms with Crippen LogP contribution in [-0.2, 0) is 0 Å². The maximum Gasteiger partial charge on any atom is 0.173 e. The Morgan fingerprint density at radius 2 is 1.90 bits per heavy atom. The van der Waals surface area contributed by atoms with Gasteiger partial charge < -0.3 is 5.73 Å². The van der Waals surface area contributed by atoms with Crippen molar-refractivity contribution in [3.05, 3.63) is 75.9 Å². The molecule has 1 aromatic heterocycles. The first kappa shape index (κ1) is 14.1. The fraction of sp³-hybridized carbons (Fsp3) is 0.0625. The zero-order valence-electron chi connectivity index (χ0n) is 10.9. The highest BCUT2D eigenvalue weighted by molar-refractivity contribution is 9.10. The molecule has 0 radical (unpaired) electrons. The number of nitrogens with zero attached hydrogens (tertiary/aromatic N) is 1. The molecule has 0 amide bonds. The second-order valence-electron chi connectivity index (χ2n) is 4.70. The van der Waals surface area contributed by atoms with Crippen LogP contribution in [0.15, 0.2) is 53.1 Å². The van der Waals surface area contributed by atoms with E-state index in [4.69, 9.17) is 5.73 Å². The zero-order chi connectivity index (χ0) is 15.0. The van der Waals surface area contributed by atoms with Gasteiger partial charge in [-0.1, -0.05) is 18.2 Å². The number of fused-ring (bicyclic) bond motifs is 1. The summed E-state index contributed by atoms with van der Waals surface area (Å²) in [5.41, 5.74) is 8.35. The van der Waals surface area contributed by atoms with Gasteiger partial charge in [0.15, 0.2) is 11.6 Å². The summed E-state index contributed by atoms with van der Waals surface area (Å²) < 4.78 is 26.9. The highest BCUT2D eigenvalue weighted by Crippen LogP contribution is 2.31. The fourth-order valence-corrected chi connectivity index (χ4v) is 2.82. The Morgan fingerprint density at radius 1 is 1.10 bits per heavy atom. The second kappa shape index (κ2) is 5.50. The van der Waals surface area contributed by atoms with Crippen molar-refractivity contribution in [1.29, 1.82) is 0 Å². The summed E-state index contributed by atoms with van der Waals surface area (Å²) in [6, 6.07) is 11.4. The summed E-state index contributed by atoms with van der Waals surface area (Å²) in [7, 11) is 0. The number of pyridine rings is 1. The van der Waals surface area contributed by atoms with Gasteiger partial charge >= 0.3 is 0 Å². The number of aromatic nitrogens is 1. The Kier molecular flexibility index (Phi) is 3.69. The van der Waals surface area contributed by atoms with E-state index >= 15 is 0 Å². The summed E-state index contributed by atoms with van der Waals surface area (Å²) in [6.07, 6.45) is 1.72. The summed E-state index contributed by atoms with van der Waals surface area (Å²) >= 11 is 3.07. The number of hydrogen-bond donors (Lipinski definition) is 1. The maximum atomic E-state index is 13.6. The molecule has 2 nitrogen and oxygen atoms in total. The molecule has 0 saturated heterocycles. The molecule has 1 atom stereocenters. The van der Waals surface area contributed by atoms with Gasteiger partial charge in [-0.2, -0.15) is 0 Å². The monoisotopic (exact) mass is 348 g/mol. The molecule has 1 unspecified atom stereocenters. The minimum Gasteiger partial charge on any atom is -0.320 e. The van der Waals surface area contributed by atoms with E-state index in [1.165, 1.54) is 6.07 Å². The van der Waals surface area contributed by atoms with Crippen molar-refractivity contribution < 1.29 is 8.78 Å². The number of nitrogens with two attached hydrogens (primary N) is 1.